The van der Waals surface area contributed by atoms with Crippen LogP contribution in [0.2, 0.25) is 0 Å². The van der Waals surface area contributed by atoms with Gasteiger partial charge in [-0.3, -0.25) is 10.1 Å². The molecule has 0 aliphatic carbocycles. The summed E-state index contributed by atoms with van der Waals surface area (Å²) in [6, 6.07) is 0. The number of nitro groups is 1. The normalized spacial score (nSPS) is 11.9. The van der Waals surface area contributed by atoms with Gasteiger partial charge in [0.25, 0.3) is 0 Å². The Morgan fingerprint density at radius 1 is 1.53 bits per heavy atom. The minimum absolute atomic E-state index is 0.0946. The van der Waals surface area contributed by atoms with E-state index in [2.05, 4.69) is 20.6 Å². The van der Waals surface area contributed by atoms with E-state index in [4.69, 9.17) is 5.11 Å². The van der Waals surface area contributed by atoms with Gasteiger partial charge in [0.15, 0.2) is 0 Å². The van der Waals surface area contributed by atoms with Crippen molar-refractivity contribution in [2.24, 2.45) is 5.92 Å². The summed E-state index contributed by atoms with van der Waals surface area (Å²) < 4.78 is 0. The zero-order chi connectivity index (χ0) is 14.3. The van der Waals surface area contributed by atoms with Crippen LogP contribution in [0.1, 0.15) is 20.3 Å². The molecule has 0 radical (unpaired) electrons. The van der Waals surface area contributed by atoms with Gasteiger partial charge in [-0.25, -0.2) is 4.98 Å². The highest BCUT2D eigenvalue weighted by atomic mass is 16.6. The maximum Gasteiger partial charge on any atom is 0.329 e. The Bertz CT molecular complexity index is 427. The lowest BCUT2D eigenvalue weighted by Crippen LogP contribution is -2.15. The summed E-state index contributed by atoms with van der Waals surface area (Å²) in [6.45, 7) is 5.07. The predicted octanol–water partition coefficient (Wildman–Crippen LogP) is 1.25. The highest BCUT2D eigenvalue weighted by molar-refractivity contribution is 5.56. The summed E-state index contributed by atoms with van der Waals surface area (Å²) in [6.07, 6.45) is 1.82. The van der Waals surface area contributed by atoms with Crippen LogP contribution in [0.3, 0.4) is 0 Å². The summed E-state index contributed by atoms with van der Waals surface area (Å²) >= 11 is 0. The monoisotopic (exact) mass is 269 g/mol. The molecule has 0 spiro atoms. The second-order valence-corrected chi connectivity index (χ2v) is 4.21. The van der Waals surface area contributed by atoms with E-state index in [1.807, 2.05) is 13.8 Å². The number of nitrogens with zero attached hydrogens (tertiary/aromatic N) is 3. The van der Waals surface area contributed by atoms with E-state index in [9.17, 15) is 10.1 Å². The Kier molecular flexibility index (Phi) is 5.94. The third-order valence-corrected chi connectivity index (χ3v) is 2.54. The molecule has 1 unspecified atom stereocenters. The summed E-state index contributed by atoms with van der Waals surface area (Å²) in [5.41, 5.74) is -0.155. The lowest BCUT2D eigenvalue weighted by atomic mass is 10.1. The highest BCUT2D eigenvalue weighted by Crippen LogP contribution is 2.22. The maximum atomic E-state index is 10.9. The molecule has 0 aliphatic heterocycles. The van der Waals surface area contributed by atoms with Crippen LogP contribution in [0.25, 0.3) is 0 Å². The zero-order valence-electron chi connectivity index (χ0n) is 11.1. The lowest BCUT2D eigenvalue weighted by Gasteiger charge is -2.12. The zero-order valence-corrected chi connectivity index (χ0v) is 11.1. The highest BCUT2D eigenvalue weighted by Gasteiger charge is 2.17. The summed E-state index contributed by atoms with van der Waals surface area (Å²) in [4.78, 5) is 18.3. The van der Waals surface area contributed by atoms with Crippen LogP contribution >= 0.6 is 0 Å². The maximum absolute atomic E-state index is 10.9. The summed E-state index contributed by atoms with van der Waals surface area (Å²) in [7, 11) is 0. The van der Waals surface area contributed by atoms with Gasteiger partial charge in [-0.2, -0.15) is 4.98 Å². The van der Waals surface area contributed by atoms with Crippen LogP contribution in [0, 0.1) is 16.0 Å². The van der Waals surface area contributed by atoms with E-state index in [0.717, 1.165) is 0 Å². The topological polar surface area (TPSA) is 113 Å². The van der Waals surface area contributed by atoms with Crippen LogP contribution in [0.15, 0.2) is 6.20 Å². The smallest absolute Gasteiger partial charge is 0.329 e. The number of rotatable bonds is 8. The van der Waals surface area contributed by atoms with E-state index in [-0.39, 0.29) is 24.0 Å². The summed E-state index contributed by atoms with van der Waals surface area (Å²) in [5, 5.41) is 25.5. The minimum Gasteiger partial charge on any atom is -0.396 e. The molecule has 1 aromatic rings. The van der Waals surface area contributed by atoms with Crippen molar-refractivity contribution < 1.29 is 10.0 Å². The molecule has 8 heteroatoms. The molecule has 0 saturated carbocycles. The number of anilines is 2. The molecule has 0 aromatic carbocycles. The molecule has 0 aliphatic rings. The van der Waals surface area contributed by atoms with Gasteiger partial charge in [0.1, 0.15) is 6.20 Å². The van der Waals surface area contributed by atoms with Crippen molar-refractivity contribution in [3.05, 3.63) is 16.3 Å². The SMILES string of the molecule is CCNc1ncc([N+](=O)[O-])c(NCC(C)CCO)n1. The molecular formula is C11H19N5O3. The van der Waals surface area contributed by atoms with Crippen molar-refractivity contribution in [1.82, 2.24) is 9.97 Å². The minimum atomic E-state index is -0.519. The third kappa shape index (κ3) is 4.66. The molecule has 0 amide bonds. The number of aliphatic hydroxyl groups excluding tert-OH is 1. The van der Waals surface area contributed by atoms with Crippen molar-refractivity contribution in [3.8, 4) is 0 Å². The van der Waals surface area contributed by atoms with Crippen LogP contribution < -0.4 is 10.6 Å². The van der Waals surface area contributed by atoms with Gasteiger partial charge in [0, 0.05) is 19.7 Å². The first-order chi connectivity index (χ1) is 9.08. The Hall–Kier alpha value is -1.96. The fourth-order valence-electron chi connectivity index (χ4n) is 1.48. The van der Waals surface area contributed by atoms with Gasteiger partial charge >= 0.3 is 5.69 Å². The number of hydrogen-bond donors (Lipinski definition) is 3. The number of aliphatic hydroxyl groups is 1. The molecule has 0 saturated heterocycles. The van der Waals surface area contributed by atoms with Gasteiger partial charge in [0.2, 0.25) is 11.8 Å². The van der Waals surface area contributed by atoms with Gasteiger partial charge < -0.3 is 15.7 Å². The van der Waals surface area contributed by atoms with Crippen molar-refractivity contribution in [2.75, 3.05) is 30.3 Å². The molecule has 1 aromatic heterocycles. The lowest BCUT2D eigenvalue weighted by molar-refractivity contribution is -0.384. The van der Waals surface area contributed by atoms with E-state index >= 15 is 0 Å². The van der Waals surface area contributed by atoms with E-state index < -0.39 is 4.92 Å². The second kappa shape index (κ2) is 7.47. The first-order valence-corrected chi connectivity index (χ1v) is 6.18. The van der Waals surface area contributed by atoms with E-state index in [0.29, 0.717) is 25.5 Å². The average molecular weight is 269 g/mol. The van der Waals surface area contributed by atoms with Crippen LogP contribution in [0.5, 0.6) is 0 Å². The number of nitrogens with one attached hydrogen (secondary N) is 2. The Morgan fingerprint density at radius 3 is 2.84 bits per heavy atom. The molecule has 19 heavy (non-hydrogen) atoms. The first-order valence-electron chi connectivity index (χ1n) is 6.18. The largest absolute Gasteiger partial charge is 0.396 e. The molecule has 3 N–H and O–H groups in total. The van der Waals surface area contributed by atoms with E-state index in [1.54, 1.807) is 0 Å². The van der Waals surface area contributed by atoms with Crippen molar-refractivity contribution in [3.63, 3.8) is 0 Å². The van der Waals surface area contributed by atoms with Crippen LogP contribution in [-0.4, -0.2) is 39.7 Å². The Balaban J connectivity index is 2.82. The summed E-state index contributed by atoms with van der Waals surface area (Å²) in [5.74, 6) is 0.744. The Labute approximate surface area is 111 Å². The molecule has 0 fully saturated rings. The predicted molar refractivity (Wildman–Crippen MR) is 72.2 cm³/mol. The third-order valence-electron chi connectivity index (χ3n) is 2.54. The quantitative estimate of drug-likeness (QED) is 0.480. The van der Waals surface area contributed by atoms with Gasteiger partial charge in [0.05, 0.1) is 4.92 Å². The first kappa shape index (κ1) is 15.1. The molecule has 0 bridgehead atoms. The fraction of sp³-hybridized carbons (Fsp3) is 0.636. The van der Waals surface area contributed by atoms with Crippen molar-refractivity contribution in [2.45, 2.75) is 20.3 Å². The standard InChI is InChI=1S/C11H19N5O3/c1-3-12-11-14-7-9(16(18)19)10(15-11)13-6-8(2)4-5-17/h7-8,17H,3-6H2,1-2H3,(H2,12,13,14,15). The molecule has 1 rings (SSSR count). The van der Waals surface area contributed by atoms with Gasteiger partial charge in [-0.1, -0.05) is 6.92 Å². The van der Waals surface area contributed by atoms with Crippen LogP contribution in [0.4, 0.5) is 17.5 Å². The van der Waals surface area contributed by atoms with Crippen molar-refractivity contribution in [1.29, 1.82) is 0 Å². The van der Waals surface area contributed by atoms with Gasteiger partial charge in [-0.05, 0) is 19.3 Å². The van der Waals surface area contributed by atoms with Gasteiger partial charge in [-0.15, -0.1) is 0 Å². The molecular weight excluding hydrogens is 250 g/mol. The molecule has 106 valence electrons. The fourth-order valence-corrected chi connectivity index (χ4v) is 1.48. The van der Waals surface area contributed by atoms with Crippen molar-refractivity contribution >= 4 is 17.5 Å². The molecule has 8 nitrogen and oxygen atoms in total. The Morgan fingerprint density at radius 2 is 2.26 bits per heavy atom. The number of aromatic nitrogens is 2. The second-order valence-electron chi connectivity index (χ2n) is 4.21. The number of hydrogen-bond acceptors (Lipinski definition) is 7. The molecule has 1 atom stereocenters. The average Bonchev–Trinajstić information content (AvgIpc) is 2.37. The van der Waals surface area contributed by atoms with Crippen LogP contribution in [-0.2, 0) is 0 Å². The van der Waals surface area contributed by atoms with E-state index in [1.165, 1.54) is 6.20 Å². The molecule has 1 heterocycles.